The van der Waals surface area contributed by atoms with Crippen molar-refractivity contribution in [1.29, 1.82) is 0 Å². The van der Waals surface area contributed by atoms with Crippen molar-refractivity contribution in [2.45, 2.75) is 25.7 Å². The number of carbonyl (C=O) groups is 2. The van der Waals surface area contributed by atoms with Crippen molar-refractivity contribution in [3.63, 3.8) is 0 Å². The Hall–Kier alpha value is -1.92. The minimum Gasteiger partial charge on any atom is -0.381 e. The molecule has 6 nitrogen and oxygen atoms in total. The van der Waals surface area contributed by atoms with Crippen LogP contribution in [0, 0.1) is 11.3 Å². The van der Waals surface area contributed by atoms with Gasteiger partial charge in [0.1, 0.15) is 0 Å². The van der Waals surface area contributed by atoms with Crippen molar-refractivity contribution in [2.75, 3.05) is 26.3 Å². The monoisotopic (exact) mass is 330 g/mol. The molecule has 0 radical (unpaired) electrons. The Kier molecular flexibility index (Phi) is 3.81. The zero-order valence-electron chi connectivity index (χ0n) is 13.6. The Balaban J connectivity index is 1.50. The predicted octanol–water partition coefficient (Wildman–Crippen LogP) is 1.16. The van der Waals surface area contributed by atoms with Gasteiger partial charge in [-0.3, -0.25) is 14.8 Å². The molecule has 6 heteroatoms. The first-order valence-corrected chi connectivity index (χ1v) is 8.56. The molecule has 0 saturated carbocycles. The molecule has 1 aromatic rings. The van der Waals surface area contributed by atoms with Crippen LogP contribution in [0.1, 0.15) is 34.3 Å². The third-order valence-corrected chi connectivity index (χ3v) is 5.60. The average Bonchev–Trinajstić information content (AvgIpc) is 2.90. The van der Waals surface area contributed by atoms with E-state index in [-0.39, 0.29) is 23.1 Å². The lowest BCUT2D eigenvalue weighted by molar-refractivity contribution is -0.128. The first-order chi connectivity index (χ1) is 11.6. The van der Waals surface area contributed by atoms with Crippen molar-refractivity contribution in [3.8, 4) is 0 Å². The van der Waals surface area contributed by atoms with E-state index < -0.39 is 0 Å². The second-order valence-electron chi connectivity index (χ2n) is 7.24. The molecule has 1 atom stereocenters. The fourth-order valence-electron chi connectivity index (χ4n) is 3.98. The third-order valence-electron chi connectivity index (χ3n) is 5.60. The zero-order valence-corrected chi connectivity index (χ0v) is 13.6. The Bertz CT molecular complexity index is 686. The number of aryl methyl sites for hydroxylation is 1. The highest BCUT2D eigenvalue weighted by atomic mass is 16.5. The summed E-state index contributed by atoms with van der Waals surface area (Å²) in [7, 11) is 0. The molecule has 1 aliphatic carbocycles. The van der Waals surface area contributed by atoms with Gasteiger partial charge in [-0.1, -0.05) is 6.07 Å². The second kappa shape index (κ2) is 5.86. The lowest BCUT2D eigenvalue weighted by Gasteiger charge is -2.32. The van der Waals surface area contributed by atoms with E-state index in [1.54, 1.807) is 6.07 Å². The van der Waals surface area contributed by atoms with Crippen LogP contribution < -0.4 is 5.32 Å². The number of hydrogen-bond acceptors (Lipinski definition) is 4. The van der Waals surface area contributed by atoms with E-state index in [1.807, 2.05) is 12.1 Å². The van der Waals surface area contributed by atoms with Crippen LogP contribution in [0.2, 0.25) is 0 Å². The van der Waals surface area contributed by atoms with Gasteiger partial charge in [0.25, 0.3) is 5.91 Å². The maximum atomic E-state index is 12.4. The predicted molar refractivity (Wildman–Crippen MR) is 85.7 cm³/mol. The summed E-state index contributed by atoms with van der Waals surface area (Å²) in [4.78, 5) is 24.5. The van der Waals surface area contributed by atoms with E-state index in [4.69, 9.17) is 4.74 Å². The summed E-state index contributed by atoms with van der Waals surface area (Å²) in [5.74, 6) is 0.0125. The van der Waals surface area contributed by atoms with Gasteiger partial charge in [0.2, 0.25) is 5.91 Å². The fourth-order valence-corrected chi connectivity index (χ4v) is 3.98. The minimum absolute atomic E-state index is 0.164. The number of hydroxylamine groups is 2. The summed E-state index contributed by atoms with van der Waals surface area (Å²) >= 11 is 0. The maximum Gasteiger partial charge on any atom is 0.277 e. The summed E-state index contributed by atoms with van der Waals surface area (Å²) in [5, 5.41) is 13.7. The summed E-state index contributed by atoms with van der Waals surface area (Å²) in [6.45, 7) is 2.26. The van der Waals surface area contributed by atoms with Crippen LogP contribution >= 0.6 is 0 Å². The first-order valence-electron chi connectivity index (χ1n) is 8.56. The number of hydrogen-bond donors (Lipinski definition) is 2. The van der Waals surface area contributed by atoms with E-state index in [0.29, 0.717) is 25.3 Å². The molecule has 2 saturated heterocycles. The Labute approximate surface area is 140 Å². The molecule has 1 aromatic carbocycles. The van der Waals surface area contributed by atoms with Gasteiger partial charge >= 0.3 is 0 Å². The zero-order chi connectivity index (χ0) is 16.7. The van der Waals surface area contributed by atoms with E-state index in [1.165, 1.54) is 0 Å². The lowest BCUT2D eigenvalue weighted by atomic mass is 9.70. The molecule has 0 unspecified atom stereocenters. The highest BCUT2D eigenvalue weighted by molar-refractivity contribution is 5.94. The molecular formula is C18H22N2O4. The van der Waals surface area contributed by atoms with E-state index in [2.05, 4.69) is 5.32 Å². The topological polar surface area (TPSA) is 78.9 Å². The molecular weight excluding hydrogens is 308 g/mol. The number of amides is 2. The summed E-state index contributed by atoms with van der Waals surface area (Å²) < 4.78 is 5.07. The van der Waals surface area contributed by atoms with Crippen LogP contribution in [-0.4, -0.2) is 48.4 Å². The number of ether oxygens (including phenoxy) is 1. The van der Waals surface area contributed by atoms with E-state index in [0.717, 1.165) is 48.4 Å². The normalized spacial score (nSPS) is 26.0. The number of rotatable bonds is 3. The Morgan fingerprint density at radius 2 is 2.17 bits per heavy atom. The van der Waals surface area contributed by atoms with Gasteiger partial charge in [-0.05, 0) is 48.9 Å². The van der Waals surface area contributed by atoms with Crippen molar-refractivity contribution in [3.05, 3.63) is 34.9 Å². The van der Waals surface area contributed by atoms with Gasteiger partial charge in [0.15, 0.2) is 0 Å². The van der Waals surface area contributed by atoms with Gasteiger partial charge in [-0.2, -0.15) is 0 Å². The van der Waals surface area contributed by atoms with Crippen LogP contribution in [0.5, 0.6) is 0 Å². The van der Waals surface area contributed by atoms with Crippen molar-refractivity contribution in [1.82, 2.24) is 10.4 Å². The molecule has 2 fully saturated rings. The van der Waals surface area contributed by atoms with Gasteiger partial charge in [0.05, 0.1) is 25.2 Å². The molecule has 2 aliphatic heterocycles. The van der Waals surface area contributed by atoms with E-state index in [9.17, 15) is 14.8 Å². The molecule has 0 aromatic heterocycles. The van der Waals surface area contributed by atoms with Crippen molar-refractivity contribution in [2.24, 2.45) is 11.3 Å². The Morgan fingerprint density at radius 1 is 1.33 bits per heavy atom. The van der Waals surface area contributed by atoms with Gasteiger partial charge in [-0.15, -0.1) is 0 Å². The number of fused-ring (bicyclic) bond motifs is 1. The number of benzene rings is 1. The lowest BCUT2D eigenvalue weighted by Crippen LogP contribution is -2.40. The Morgan fingerprint density at radius 3 is 2.83 bits per heavy atom. The second-order valence-corrected chi connectivity index (χ2v) is 7.24. The maximum absolute atomic E-state index is 12.4. The highest BCUT2D eigenvalue weighted by Gasteiger charge is 2.44. The van der Waals surface area contributed by atoms with Crippen LogP contribution in [0.15, 0.2) is 18.2 Å². The van der Waals surface area contributed by atoms with Crippen LogP contribution in [0.3, 0.4) is 0 Å². The quantitative estimate of drug-likeness (QED) is 0.644. The first kappa shape index (κ1) is 15.6. The molecule has 3 aliphatic rings. The molecule has 0 bridgehead atoms. The van der Waals surface area contributed by atoms with Gasteiger partial charge in [-0.25, -0.2) is 5.06 Å². The standard InChI is InChI=1S/C18H22N2O4/c21-16(20(23)9-12-10-24-11-12)14-1-2-15-8-18(4-3-13(15)7-14)5-6-19-17(18)22/h1-2,7,12,23H,3-6,8-11H2,(H,19,22)/t18-/m1/s1. The third kappa shape index (κ3) is 2.59. The van der Waals surface area contributed by atoms with Crippen LogP contribution in [0.25, 0.3) is 0 Å². The molecule has 128 valence electrons. The molecule has 2 heterocycles. The minimum atomic E-state index is -0.372. The van der Waals surface area contributed by atoms with E-state index >= 15 is 0 Å². The van der Waals surface area contributed by atoms with Crippen molar-refractivity contribution < 1.29 is 19.5 Å². The molecule has 4 rings (SSSR count). The molecule has 24 heavy (non-hydrogen) atoms. The van der Waals surface area contributed by atoms with Gasteiger partial charge in [0, 0.05) is 18.0 Å². The molecule has 2 amide bonds. The van der Waals surface area contributed by atoms with Crippen LogP contribution in [-0.2, 0) is 22.4 Å². The SMILES string of the molecule is O=C(c1ccc2c(c1)CC[C@@]1(CCNC1=O)C2)N(O)CC1COC1. The largest absolute Gasteiger partial charge is 0.381 e. The summed E-state index contributed by atoms with van der Waals surface area (Å²) in [6.07, 6.45) is 3.25. The molecule has 1 spiro atoms. The molecule has 2 N–H and O–H groups in total. The summed E-state index contributed by atoms with van der Waals surface area (Å²) in [6, 6.07) is 5.57. The van der Waals surface area contributed by atoms with Gasteiger partial charge < -0.3 is 10.1 Å². The van der Waals surface area contributed by atoms with Crippen molar-refractivity contribution >= 4 is 11.8 Å². The number of nitrogens with zero attached hydrogens (tertiary/aromatic N) is 1. The summed E-state index contributed by atoms with van der Waals surface area (Å²) in [5.41, 5.74) is 2.51. The van der Waals surface area contributed by atoms with Crippen LogP contribution in [0.4, 0.5) is 0 Å². The number of nitrogens with one attached hydrogen (secondary N) is 1. The smallest absolute Gasteiger partial charge is 0.277 e. The fraction of sp³-hybridized carbons (Fsp3) is 0.556. The highest BCUT2D eigenvalue weighted by Crippen LogP contribution is 2.41. The average molecular weight is 330 g/mol. The number of carbonyl (C=O) groups excluding carboxylic acids is 2.